The lowest BCUT2D eigenvalue weighted by atomic mass is 10.2. The molecule has 0 radical (unpaired) electrons. The highest BCUT2D eigenvalue weighted by Crippen LogP contribution is 2.29. The van der Waals surface area contributed by atoms with E-state index < -0.39 is 0 Å². The van der Waals surface area contributed by atoms with E-state index >= 15 is 0 Å². The number of nitrogens with two attached hydrogens (primary N) is 1. The van der Waals surface area contributed by atoms with E-state index in [4.69, 9.17) is 5.73 Å². The molecule has 1 aromatic heterocycles. The fraction of sp³-hybridized carbons (Fsp3) is 0.0833. The minimum Gasteiger partial charge on any atom is -0.397 e. The maximum absolute atomic E-state index is 12.9. The molecule has 0 saturated carbocycles. The van der Waals surface area contributed by atoms with Gasteiger partial charge in [-0.1, -0.05) is 11.8 Å². The summed E-state index contributed by atoms with van der Waals surface area (Å²) >= 11 is 1.50. The molecule has 2 aromatic rings. The van der Waals surface area contributed by atoms with E-state index in [1.807, 2.05) is 13.0 Å². The zero-order valence-electron chi connectivity index (χ0n) is 8.77. The summed E-state index contributed by atoms with van der Waals surface area (Å²) in [6, 6.07) is 8.37. The molecule has 0 aliphatic carbocycles. The second-order valence-corrected chi connectivity index (χ2v) is 4.50. The molecule has 0 bridgehead atoms. The Morgan fingerprint density at radius 2 is 2.06 bits per heavy atom. The fourth-order valence-corrected chi connectivity index (χ4v) is 2.11. The molecular weight excluding hydrogens is 223 g/mol. The van der Waals surface area contributed by atoms with Gasteiger partial charge in [0.05, 0.1) is 11.9 Å². The maximum Gasteiger partial charge on any atom is 0.123 e. The van der Waals surface area contributed by atoms with E-state index in [1.54, 1.807) is 18.3 Å². The fourth-order valence-electron chi connectivity index (χ4n) is 1.29. The summed E-state index contributed by atoms with van der Waals surface area (Å²) in [6.45, 7) is 1.88. The van der Waals surface area contributed by atoms with Crippen molar-refractivity contribution in [3.8, 4) is 0 Å². The van der Waals surface area contributed by atoms with Crippen LogP contribution in [0.3, 0.4) is 0 Å². The lowest BCUT2D eigenvalue weighted by Gasteiger charge is -2.04. The van der Waals surface area contributed by atoms with E-state index in [-0.39, 0.29) is 5.82 Å². The zero-order chi connectivity index (χ0) is 11.5. The lowest BCUT2D eigenvalue weighted by Crippen LogP contribution is -1.87. The molecule has 2 N–H and O–H groups in total. The highest BCUT2D eigenvalue weighted by Gasteiger charge is 2.03. The molecule has 0 spiro atoms. The number of aromatic nitrogens is 1. The van der Waals surface area contributed by atoms with E-state index in [0.717, 1.165) is 15.5 Å². The van der Waals surface area contributed by atoms with Crippen molar-refractivity contribution >= 4 is 17.4 Å². The molecule has 16 heavy (non-hydrogen) atoms. The third-order valence-electron chi connectivity index (χ3n) is 2.11. The molecular formula is C12H11FN2S. The summed E-state index contributed by atoms with van der Waals surface area (Å²) in [4.78, 5) is 5.18. The van der Waals surface area contributed by atoms with E-state index in [2.05, 4.69) is 4.98 Å². The molecule has 2 nitrogen and oxygen atoms in total. The van der Waals surface area contributed by atoms with E-state index in [1.165, 1.54) is 23.9 Å². The highest BCUT2D eigenvalue weighted by molar-refractivity contribution is 7.99. The van der Waals surface area contributed by atoms with Crippen molar-refractivity contribution in [2.45, 2.75) is 16.8 Å². The number of aryl methyl sites for hydroxylation is 1. The Balaban J connectivity index is 2.23. The van der Waals surface area contributed by atoms with Crippen molar-refractivity contribution in [2.24, 2.45) is 0 Å². The first-order valence-corrected chi connectivity index (χ1v) is 5.62. The van der Waals surface area contributed by atoms with Gasteiger partial charge in [0, 0.05) is 4.90 Å². The molecule has 1 aromatic carbocycles. The van der Waals surface area contributed by atoms with Crippen LogP contribution in [0.5, 0.6) is 0 Å². The Bertz CT molecular complexity index is 497. The third kappa shape index (κ3) is 2.52. The van der Waals surface area contributed by atoms with Crippen LogP contribution in [0.4, 0.5) is 10.1 Å². The molecule has 0 aliphatic rings. The molecule has 2 rings (SSSR count). The van der Waals surface area contributed by atoms with E-state index in [9.17, 15) is 4.39 Å². The van der Waals surface area contributed by atoms with Crippen LogP contribution in [0.1, 0.15) is 5.56 Å². The number of nitrogen functional groups attached to an aromatic ring is 1. The van der Waals surface area contributed by atoms with Crippen LogP contribution in [-0.4, -0.2) is 4.98 Å². The van der Waals surface area contributed by atoms with Crippen LogP contribution in [-0.2, 0) is 0 Å². The normalized spacial score (nSPS) is 10.4. The first-order chi connectivity index (χ1) is 7.65. The van der Waals surface area contributed by atoms with Gasteiger partial charge in [0.15, 0.2) is 0 Å². The van der Waals surface area contributed by atoms with Crippen LogP contribution in [0.25, 0.3) is 0 Å². The summed E-state index contributed by atoms with van der Waals surface area (Å²) in [5, 5.41) is 0.851. The number of hydrogen-bond acceptors (Lipinski definition) is 3. The predicted molar refractivity (Wildman–Crippen MR) is 63.9 cm³/mol. The first kappa shape index (κ1) is 11.0. The Morgan fingerprint density at radius 1 is 1.25 bits per heavy atom. The Hall–Kier alpha value is -1.55. The summed E-state index contributed by atoms with van der Waals surface area (Å²) in [6.07, 6.45) is 1.61. The maximum atomic E-state index is 12.9. The van der Waals surface area contributed by atoms with Crippen LogP contribution in [0.15, 0.2) is 46.5 Å². The average molecular weight is 234 g/mol. The molecule has 0 unspecified atom stereocenters. The van der Waals surface area contributed by atoms with Crippen LogP contribution < -0.4 is 5.73 Å². The van der Waals surface area contributed by atoms with Crippen LogP contribution >= 0.6 is 11.8 Å². The number of pyridine rings is 1. The second kappa shape index (κ2) is 4.53. The average Bonchev–Trinajstić information content (AvgIpc) is 2.25. The molecule has 0 atom stereocenters. The minimum absolute atomic E-state index is 0.216. The van der Waals surface area contributed by atoms with Crippen molar-refractivity contribution in [1.29, 1.82) is 0 Å². The SMILES string of the molecule is Cc1cc(F)ccc1Sc1ccc(N)cn1. The molecule has 4 heteroatoms. The molecule has 0 aliphatic heterocycles. The third-order valence-corrected chi connectivity index (χ3v) is 3.24. The quantitative estimate of drug-likeness (QED) is 0.866. The molecule has 0 amide bonds. The van der Waals surface area contributed by atoms with Crippen LogP contribution in [0.2, 0.25) is 0 Å². The molecule has 0 fully saturated rings. The summed E-state index contributed by atoms with van der Waals surface area (Å²) in [7, 11) is 0. The summed E-state index contributed by atoms with van der Waals surface area (Å²) < 4.78 is 12.9. The molecule has 0 saturated heterocycles. The second-order valence-electron chi connectivity index (χ2n) is 3.44. The van der Waals surface area contributed by atoms with Crippen LogP contribution in [0, 0.1) is 12.7 Å². The molecule has 82 valence electrons. The zero-order valence-corrected chi connectivity index (χ0v) is 9.59. The van der Waals surface area contributed by atoms with Gasteiger partial charge in [-0.25, -0.2) is 9.37 Å². The topological polar surface area (TPSA) is 38.9 Å². The smallest absolute Gasteiger partial charge is 0.123 e. The first-order valence-electron chi connectivity index (χ1n) is 4.81. The largest absolute Gasteiger partial charge is 0.397 e. The number of nitrogens with zero attached hydrogens (tertiary/aromatic N) is 1. The Labute approximate surface area is 97.7 Å². The van der Waals surface area contributed by atoms with E-state index in [0.29, 0.717) is 5.69 Å². The highest BCUT2D eigenvalue weighted by atomic mass is 32.2. The van der Waals surface area contributed by atoms with Gasteiger partial charge in [-0.15, -0.1) is 0 Å². The van der Waals surface area contributed by atoms with Gasteiger partial charge >= 0.3 is 0 Å². The predicted octanol–water partition coefficient (Wildman–Crippen LogP) is 3.26. The molecule has 1 heterocycles. The number of rotatable bonds is 2. The standard InChI is InChI=1S/C12H11FN2S/c1-8-6-9(13)2-4-11(8)16-12-5-3-10(14)7-15-12/h2-7H,14H2,1H3. The van der Waals surface area contributed by atoms with Gasteiger partial charge < -0.3 is 5.73 Å². The summed E-state index contributed by atoms with van der Waals surface area (Å²) in [5.41, 5.74) is 7.09. The van der Waals surface area contributed by atoms with Crippen molar-refractivity contribution in [1.82, 2.24) is 4.98 Å². The lowest BCUT2D eigenvalue weighted by molar-refractivity contribution is 0.625. The van der Waals surface area contributed by atoms with Crippen molar-refractivity contribution in [3.63, 3.8) is 0 Å². The van der Waals surface area contributed by atoms with Gasteiger partial charge in [-0.3, -0.25) is 0 Å². The van der Waals surface area contributed by atoms with Gasteiger partial charge in [-0.2, -0.15) is 0 Å². The summed E-state index contributed by atoms with van der Waals surface area (Å²) in [5.74, 6) is -0.216. The van der Waals surface area contributed by atoms with Gasteiger partial charge in [0.25, 0.3) is 0 Å². The minimum atomic E-state index is -0.216. The van der Waals surface area contributed by atoms with Crippen molar-refractivity contribution < 1.29 is 4.39 Å². The Kier molecular flexibility index (Phi) is 3.10. The van der Waals surface area contributed by atoms with Crippen molar-refractivity contribution in [2.75, 3.05) is 5.73 Å². The van der Waals surface area contributed by atoms with Gasteiger partial charge in [0.1, 0.15) is 10.8 Å². The van der Waals surface area contributed by atoms with Gasteiger partial charge in [-0.05, 0) is 42.8 Å². The van der Waals surface area contributed by atoms with Crippen molar-refractivity contribution in [3.05, 3.63) is 47.9 Å². The number of hydrogen-bond donors (Lipinski definition) is 1. The monoisotopic (exact) mass is 234 g/mol. The van der Waals surface area contributed by atoms with Gasteiger partial charge in [0.2, 0.25) is 0 Å². The Morgan fingerprint density at radius 3 is 2.69 bits per heavy atom. The number of benzene rings is 1. The number of anilines is 1. The number of halogens is 1.